The summed E-state index contributed by atoms with van der Waals surface area (Å²) in [6.45, 7) is 7.55. The lowest BCUT2D eigenvalue weighted by Gasteiger charge is -2.18. The third-order valence-electron chi connectivity index (χ3n) is 2.54. The summed E-state index contributed by atoms with van der Waals surface area (Å²) in [5.74, 6) is 0.717. The molecule has 1 rings (SSSR count). The Balaban J connectivity index is 2.72. The van der Waals surface area contributed by atoms with Crippen molar-refractivity contribution in [2.45, 2.75) is 39.7 Å². The standard InChI is InChI=1S/C12H19Cl2NS/c1-4-15-10(6-5-8(2)3)9-7-11(13)16-12(9)14/h7-8,10,15H,4-6H2,1-3H3. The summed E-state index contributed by atoms with van der Waals surface area (Å²) < 4.78 is 1.59. The topological polar surface area (TPSA) is 12.0 Å². The largest absolute Gasteiger partial charge is 0.310 e. The molecule has 16 heavy (non-hydrogen) atoms. The molecule has 0 amide bonds. The van der Waals surface area contributed by atoms with Crippen LogP contribution in [0.1, 0.15) is 45.2 Å². The number of hydrogen-bond acceptors (Lipinski definition) is 2. The fourth-order valence-electron chi connectivity index (χ4n) is 1.70. The Kier molecular flexibility index (Phi) is 6.12. The highest BCUT2D eigenvalue weighted by Gasteiger charge is 2.16. The molecule has 0 saturated carbocycles. The van der Waals surface area contributed by atoms with Crippen molar-refractivity contribution >= 4 is 34.5 Å². The summed E-state index contributed by atoms with van der Waals surface area (Å²) in [6, 6.07) is 2.33. The van der Waals surface area contributed by atoms with Crippen molar-refractivity contribution in [1.29, 1.82) is 0 Å². The van der Waals surface area contributed by atoms with E-state index in [0.717, 1.165) is 27.2 Å². The first-order chi connectivity index (χ1) is 7.54. The van der Waals surface area contributed by atoms with Gasteiger partial charge in [0.05, 0.1) is 8.67 Å². The second kappa shape index (κ2) is 6.85. The molecule has 1 aromatic heterocycles. The zero-order chi connectivity index (χ0) is 12.1. The second-order valence-corrected chi connectivity index (χ2v) is 6.65. The molecule has 0 aromatic carbocycles. The van der Waals surface area contributed by atoms with Gasteiger partial charge in [-0.05, 0) is 31.4 Å². The van der Waals surface area contributed by atoms with E-state index in [1.165, 1.54) is 17.8 Å². The van der Waals surface area contributed by atoms with Crippen molar-refractivity contribution in [2.75, 3.05) is 6.54 Å². The molecule has 0 aliphatic heterocycles. The summed E-state index contributed by atoms with van der Waals surface area (Å²) in [5, 5.41) is 3.47. The van der Waals surface area contributed by atoms with Gasteiger partial charge in [-0.15, -0.1) is 11.3 Å². The van der Waals surface area contributed by atoms with E-state index in [9.17, 15) is 0 Å². The molecular formula is C12H19Cl2NS. The van der Waals surface area contributed by atoms with Crippen LogP contribution in [0.3, 0.4) is 0 Å². The molecule has 1 atom stereocenters. The van der Waals surface area contributed by atoms with Crippen molar-refractivity contribution in [3.8, 4) is 0 Å². The van der Waals surface area contributed by atoms with E-state index < -0.39 is 0 Å². The van der Waals surface area contributed by atoms with Gasteiger partial charge in [-0.25, -0.2) is 0 Å². The molecule has 1 unspecified atom stereocenters. The average molecular weight is 280 g/mol. The van der Waals surface area contributed by atoms with Crippen LogP contribution in [0.2, 0.25) is 8.67 Å². The van der Waals surface area contributed by atoms with Gasteiger partial charge in [0.1, 0.15) is 0 Å². The Hall–Kier alpha value is 0.240. The van der Waals surface area contributed by atoms with Crippen LogP contribution in [0, 0.1) is 5.92 Å². The molecular weight excluding hydrogens is 261 g/mol. The molecule has 4 heteroatoms. The van der Waals surface area contributed by atoms with Crippen LogP contribution in [-0.4, -0.2) is 6.54 Å². The molecule has 0 radical (unpaired) electrons. The van der Waals surface area contributed by atoms with Crippen LogP contribution in [0.15, 0.2) is 6.07 Å². The molecule has 0 bridgehead atoms. The summed E-state index contributed by atoms with van der Waals surface area (Å²) in [6.07, 6.45) is 2.31. The van der Waals surface area contributed by atoms with Crippen LogP contribution in [0.5, 0.6) is 0 Å². The number of halogens is 2. The highest BCUT2D eigenvalue weighted by Crippen LogP contribution is 2.36. The lowest BCUT2D eigenvalue weighted by Crippen LogP contribution is -2.21. The van der Waals surface area contributed by atoms with Crippen LogP contribution in [0.25, 0.3) is 0 Å². The van der Waals surface area contributed by atoms with Crippen molar-refractivity contribution in [1.82, 2.24) is 5.32 Å². The van der Waals surface area contributed by atoms with Crippen molar-refractivity contribution in [3.05, 3.63) is 20.3 Å². The van der Waals surface area contributed by atoms with E-state index in [0.29, 0.717) is 12.0 Å². The van der Waals surface area contributed by atoms with Gasteiger partial charge in [-0.1, -0.05) is 44.0 Å². The Morgan fingerprint density at radius 1 is 1.31 bits per heavy atom. The third-order valence-corrected chi connectivity index (χ3v) is 4.06. The average Bonchev–Trinajstić information content (AvgIpc) is 2.52. The first-order valence-corrected chi connectivity index (χ1v) is 7.30. The first-order valence-electron chi connectivity index (χ1n) is 5.72. The van der Waals surface area contributed by atoms with Gasteiger partial charge in [0.2, 0.25) is 0 Å². The van der Waals surface area contributed by atoms with E-state index in [-0.39, 0.29) is 0 Å². The minimum absolute atomic E-state index is 0.337. The van der Waals surface area contributed by atoms with Crippen LogP contribution in [0.4, 0.5) is 0 Å². The molecule has 1 aromatic rings. The van der Waals surface area contributed by atoms with E-state index in [1.54, 1.807) is 0 Å². The Labute approximate surface area is 112 Å². The normalized spacial score (nSPS) is 13.4. The lowest BCUT2D eigenvalue weighted by atomic mass is 9.99. The molecule has 0 aliphatic rings. The number of thiophene rings is 1. The minimum Gasteiger partial charge on any atom is -0.310 e. The van der Waals surface area contributed by atoms with Crippen LogP contribution >= 0.6 is 34.5 Å². The highest BCUT2D eigenvalue weighted by molar-refractivity contribution is 7.20. The van der Waals surface area contributed by atoms with Gasteiger partial charge in [0.25, 0.3) is 0 Å². The molecule has 0 fully saturated rings. The quantitative estimate of drug-likeness (QED) is 0.760. The SMILES string of the molecule is CCNC(CCC(C)C)c1cc(Cl)sc1Cl. The maximum absolute atomic E-state index is 6.18. The fraction of sp³-hybridized carbons (Fsp3) is 0.667. The smallest absolute Gasteiger partial charge is 0.0991 e. The van der Waals surface area contributed by atoms with Crippen molar-refractivity contribution < 1.29 is 0 Å². The highest BCUT2D eigenvalue weighted by atomic mass is 35.5. The maximum Gasteiger partial charge on any atom is 0.0991 e. The molecule has 1 nitrogen and oxygen atoms in total. The van der Waals surface area contributed by atoms with E-state index in [1.807, 2.05) is 6.07 Å². The fourth-order valence-corrected chi connectivity index (χ4v) is 3.28. The van der Waals surface area contributed by atoms with E-state index in [4.69, 9.17) is 23.2 Å². The molecule has 1 N–H and O–H groups in total. The van der Waals surface area contributed by atoms with Gasteiger partial charge in [-0.2, -0.15) is 0 Å². The molecule has 92 valence electrons. The predicted molar refractivity (Wildman–Crippen MR) is 74.8 cm³/mol. The van der Waals surface area contributed by atoms with Gasteiger partial charge in [-0.3, -0.25) is 0 Å². The molecule has 0 saturated heterocycles. The number of hydrogen-bond donors (Lipinski definition) is 1. The van der Waals surface area contributed by atoms with E-state index >= 15 is 0 Å². The van der Waals surface area contributed by atoms with E-state index in [2.05, 4.69) is 26.1 Å². The van der Waals surface area contributed by atoms with Crippen LogP contribution < -0.4 is 5.32 Å². The van der Waals surface area contributed by atoms with Gasteiger partial charge in [0, 0.05) is 11.6 Å². The van der Waals surface area contributed by atoms with Gasteiger partial charge >= 0.3 is 0 Å². The van der Waals surface area contributed by atoms with Gasteiger partial charge < -0.3 is 5.32 Å². The van der Waals surface area contributed by atoms with Crippen molar-refractivity contribution in [3.63, 3.8) is 0 Å². The Morgan fingerprint density at radius 3 is 2.44 bits per heavy atom. The molecule has 0 aliphatic carbocycles. The zero-order valence-electron chi connectivity index (χ0n) is 10.0. The molecule has 1 heterocycles. The second-order valence-electron chi connectivity index (χ2n) is 4.36. The predicted octanol–water partition coefficient (Wildman–Crippen LogP) is 5.14. The first kappa shape index (κ1) is 14.3. The van der Waals surface area contributed by atoms with Gasteiger partial charge in [0.15, 0.2) is 0 Å². The summed E-state index contributed by atoms with van der Waals surface area (Å²) in [4.78, 5) is 0. The van der Waals surface area contributed by atoms with Crippen molar-refractivity contribution in [2.24, 2.45) is 5.92 Å². The summed E-state index contributed by atoms with van der Waals surface area (Å²) in [7, 11) is 0. The zero-order valence-corrected chi connectivity index (χ0v) is 12.3. The minimum atomic E-state index is 0.337. The number of nitrogens with one attached hydrogen (secondary N) is 1. The monoisotopic (exact) mass is 279 g/mol. The lowest BCUT2D eigenvalue weighted by molar-refractivity contribution is 0.449. The number of rotatable bonds is 6. The Bertz CT molecular complexity index is 323. The van der Waals surface area contributed by atoms with Crippen LogP contribution in [-0.2, 0) is 0 Å². The summed E-state index contributed by atoms with van der Waals surface area (Å²) in [5.41, 5.74) is 1.15. The summed E-state index contributed by atoms with van der Waals surface area (Å²) >= 11 is 13.6. The molecule has 0 spiro atoms. The Morgan fingerprint density at radius 2 is 2.00 bits per heavy atom. The maximum atomic E-state index is 6.18. The third kappa shape index (κ3) is 4.25.